The number of methoxy groups -OCH3 is 1. The van der Waals surface area contributed by atoms with Gasteiger partial charge in [0.25, 0.3) is 5.91 Å². The summed E-state index contributed by atoms with van der Waals surface area (Å²) < 4.78 is 7.30. The highest BCUT2D eigenvalue weighted by Crippen LogP contribution is 2.32. The van der Waals surface area contributed by atoms with E-state index in [1.807, 2.05) is 71.4 Å². The van der Waals surface area contributed by atoms with Crippen LogP contribution in [0, 0.1) is 0 Å². The van der Waals surface area contributed by atoms with Crippen molar-refractivity contribution in [3.8, 4) is 28.3 Å². The van der Waals surface area contributed by atoms with Gasteiger partial charge in [0.2, 0.25) is 0 Å². The number of hydrogen-bond donors (Lipinski definition) is 1. The molecule has 1 amide bonds. The molecule has 0 unspecified atom stereocenters. The highest BCUT2D eigenvalue weighted by Gasteiger charge is 2.15. The van der Waals surface area contributed by atoms with Crippen molar-refractivity contribution >= 4 is 16.9 Å². The molecule has 0 aliphatic rings. The van der Waals surface area contributed by atoms with Gasteiger partial charge in [0.15, 0.2) is 0 Å². The predicted octanol–water partition coefficient (Wildman–Crippen LogP) is 4.99. The molecule has 0 atom stereocenters. The van der Waals surface area contributed by atoms with Crippen LogP contribution in [0.25, 0.3) is 33.5 Å². The lowest BCUT2D eigenvalue weighted by Crippen LogP contribution is -2.25. The number of amides is 1. The van der Waals surface area contributed by atoms with Gasteiger partial charge < -0.3 is 14.6 Å². The zero-order valence-corrected chi connectivity index (χ0v) is 19.4. The van der Waals surface area contributed by atoms with Gasteiger partial charge in [-0.1, -0.05) is 30.3 Å². The molecule has 0 aliphatic heterocycles. The summed E-state index contributed by atoms with van der Waals surface area (Å²) in [5.74, 6) is 0.646. The molecule has 0 bridgehead atoms. The number of rotatable bonds is 8. The van der Waals surface area contributed by atoms with E-state index in [1.165, 1.54) is 0 Å². The summed E-state index contributed by atoms with van der Waals surface area (Å²) in [5, 5.41) is 2.99. The normalized spacial score (nSPS) is 10.9. The lowest BCUT2D eigenvalue weighted by molar-refractivity contribution is 0.0953. The van der Waals surface area contributed by atoms with Crippen molar-refractivity contribution in [2.24, 2.45) is 0 Å². The minimum absolute atomic E-state index is 0.127. The van der Waals surface area contributed by atoms with Gasteiger partial charge in [0.05, 0.1) is 35.9 Å². The highest BCUT2D eigenvalue weighted by molar-refractivity contribution is 5.98. The van der Waals surface area contributed by atoms with Gasteiger partial charge in [0, 0.05) is 42.2 Å². The molecule has 2 heterocycles. The van der Waals surface area contributed by atoms with Crippen molar-refractivity contribution in [3.05, 3.63) is 97.1 Å². The number of carbonyl (C=O) groups excluding carboxylic acids is 1. The van der Waals surface area contributed by atoms with E-state index >= 15 is 0 Å². The Morgan fingerprint density at radius 2 is 1.66 bits per heavy atom. The van der Waals surface area contributed by atoms with Crippen LogP contribution in [0.3, 0.4) is 0 Å². The van der Waals surface area contributed by atoms with Gasteiger partial charge in [-0.2, -0.15) is 0 Å². The topological polar surface area (TPSA) is 81.9 Å². The number of nitrogens with one attached hydrogen (secondary N) is 1. The Balaban J connectivity index is 1.44. The molecule has 0 spiro atoms. The number of carbonyl (C=O) groups is 1. The Morgan fingerprint density at radius 3 is 2.37 bits per heavy atom. The van der Waals surface area contributed by atoms with Crippen LogP contribution in [0.5, 0.6) is 5.75 Å². The smallest absolute Gasteiger partial charge is 0.251 e. The minimum Gasteiger partial charge on any atom is -0.497 e. The molecular weight excluding hydrogens is 438 g/mol. The van der Waals surface area contributed by atoms with Gasteiger partial charge >= 0.3 is 0 Å². The number of aryl methyl sites for hydroxylation is 1. The molecule has 1 N–H and O–H groups in total. The fourth-order valence-corrected chi connectivity index (χ4v) is 3.93. The molecular formula is C28H25N5O2. The van der Waals surface area contributed by atoms with Crippen molar-refractivity contribution in [2.75, 3.05) is 13.7 Å². The summed E-state index contributed by atoms with van der Waals surface area (Å²) in [7, 11) is 1.64. The highest BCUT2D eigenvalue weighted by atomic mass is 16.5. The predicted molar refractivity (Wildman–Crippen MR) is 136 cm³/mol. The molecule has 35 heavy (non-hydrogen) atoms. The second-order valence-electron chi connectivity index (χ2n) is 8.13. The van der Waals surface area contributed by atoms with Gasteiger partial charge in [-0.05, 0) is 48.9 Å². The molecule has 174 valence electrons. The first-order valence-electron chi connectivity index (χ1n) is 11.5. The number of aromatic nitrogens is 4. The van der Waals surface area contributed by atoms with E-state index < -0.39 is 0 Å². The number of fused-ring (bicyclic) bond motifs is 1. The van der Waals surface area contributed by atoms with Crippen molar-refractivity contribution in [1.82, 2.24) is 24.8 Å². The number of benzene rings is 3. The van der Waals surface area contributed by atoms with Crippen LogP contribution in [0.1, 0.15) is 16.8 Å². The van der Waals surface area contributed by atoms with E-state index in [0.29, 0.717) is 17.6 Å². The van der Waals surface area contributed by atoms with Crippen LogP contribution in [0.2, 0.25) is 0 Å². The molecule has 0 radical (unpaired) electrons. The van der Waals surface area contributed by atoms with Crippen LogP contribution in [-0.4, -0.2) is 39.1 Å². The van der Waals surface area contributed by atoms with Crippen molar-refractivity contribution < 1.29 is 9.53 Å². The molecule has 0 fully saturated rings. The van der Waals surface area contributed by atoms with Crippen molar-refractivity contribution in [2.45, 2.75) is 13.0 Å². The lowest BCUT2D eigenvalue weighted by atomic mass is 10.0. The Bertz CT molecular complexity index is 1430. The minimum atomic E-state index is -0.127. The summed E-state index contributed by atoms with van der Waals surface area (Å²) in [6.45, 7) is 1.38. The second kappa shape index (κ2) is 10.2. The summed E-state index contributed by atoms with van der Waals surface area (Å²) in [6, 6.07) is 23.2. The third kappa shape index (κ3) is 5.04. The molecule has 2 aromatic heterocycles. The van der Waals surface area contributed by atoms with E-state index in [9.17, 15) is 4.79 Å². The van der Waals surface area contributed by atoms with Crippen LogP contribution >= 0.6 is 0 Å². The van der Waals surface area contributed by atoms with Gasteiger partial charge in [0.1, 0.15) is 5.75 Å². The molecule has 5 aromatic rings. The van der Waals surface area contributed by atoms with Crippen molar-refractivity contribution in [3.63, 3.8) is 0 Å². The Morgan fingerprint density at radius 1 is 0.914 bits per heavy atom. The fraction of sp³-hybridized carbons (Fsp3) is 0.143. The Hall–Kier alpha value is -4.52. The molecule has 0 saturated carbocycles. The molecule has 7 heteroatoms. The standard InChI is InChI=1S/C28H25N5O2/c1-35-23-11-8-21(9-12-23)27-26(20-6-3-2-4-7-20)31-24-13-10-22(18-25(24)32-27)28(34)30-14-5-16-33-17-15-29-19-33/h2-4,6-13,15,17-19H,5,14,16H2,1H3,(H,30,34). The lowest BCUT2D eigenvalue weighted by Gasteiger charge is -2.12. The Labute approximate surface area is 203 Å². The van der Waals surface area contributed by atoms with E-state index in [1.54, 1.807) is 31.8 Å². The summed E-state index contributed by atoms with van der Waals surface area (Å²) >= 11 is 0. The number of nitrogens with zero attached hydrogens (tertiary/aromatic N) is 4. The monoisotopic (exact) mass is 463 g/mol. The first kappa shape index (κ1) is 22.3. The quantitative estimate of drug-likeness (QED) is 0.328. The van der Waals surface area contributed by atoms with E-state index in [2.05, 4.69) is 10.3 Å². The third-order valence-corrected chi connectivity index (χ3v) is 5.77. The zero-order chi connectivity index (χ0) is 24.0. The zero-order valence-electron chi connectivity index (χ0n) is 19.4. The van der Waals surface area contributed by atoms with Gasteiger partial charge in [-0.3, -0.25) is 4.79 Å². The fourth-order valence-electron chi connectivity index (χ4n) is 3.93. The molecule has 7 nitrogen and oxygen atoms in total. The number of ether oxygens (including phenoxy) is 1. The van der Waals surface area contributed by atoms with Gasteiger partial charge in [-0.15, -0.1) is 0 Å². The number of hydrogen-bond acceptors (Lipinski definition) is 5. The van der Waals surface area contributed by atoms with Crippen LogP contribution in [0.4, 0.5) is 0 Å². The first-order chi connectivity index (χ1) is 17.2. The molecule has 0 saturated heterocycles. The third-order valence-electron chi connectivity index (χ3n) is 5.77. The molecule has 0 aliphatic carbocycles. The van der Waals surface area contributed by atoms with E-state index in [4.69, 9.17) is 14.7 Å². The van der Waals surface area contributed by atoms with Gasteiger partial charge in [-0.25, -0.2) is 15.0 Å². The SMILES string of the molecule is COc1ccc(-c2nc3cc(C(=O)NCCCn4ccnc4)ccc3nc2-c2ccccc2)cc1. The summed E-state index contributed by atoms with van der Waals surface area (Å²) in [6.07, 6.45) is 6.25. The summed E-state index contributed by atoms with van der Waals surface area (Å²) in [4.78, 5) is 26.7. The maximum absolute atomic E-state index is 12.8. The average Bonchev–Trinajstić information content (AvgIpc) is 3.44. The number of imidazole rings is 1. The summed E-state index contributed by atoms with van der Waals surface area (Å²) in [5.41, 5.74) is 5.41. The second-order valence-corrected chi connectivity index (χ2v) is 8.13. The van der Waals surface area contributed by atoms with Crippen LogP contribution in [0.15, 0.2) is 91.5 Å². The average molecular weight is 464 g/mol. The molecule has 5 rings (SSSR count). The van der Waals surface area contributed by atoms with Crippen LogP contribution in [-0.2, 0) is 6.54 Å². The maximum Gasteiger partial charge on any atom is 0.251 e. The Kier molecular flexibility index (Phi) is 6.48. The maximum atomic E-state index is 12.8. The van der Waals surface area contributed by atoms with E-state index in [-0.39, 0.29) is 5.91 Å². The molecule has 3 aromatic carbocycles. The van der Waals surface area contributed by atoms with Crippen molar-refractivity contribution in [1.29, 1.82) is 0 Å². The first-order valence-corrected chi connectivity index (χ1v) is 11.5. The van der Waals surface area contributed by atoms with E-state index in [0.717, 1.165) is 46.7 Å². The van der Waals surface area contributed by atoms with Crippen LogP contribution < -0.4 is 10.1 Å². The largest absolute Gasteiger partial charge is 0.497 e.